The van der Waals surface area contributed by atoms with Gasteiger partial charge >= 0.3 is 0 Å². The molecule has 9 heteroatoms. The highest BCUT2D eigenvalue weighted by Gasteiger charge is 2.44. The van der Waals surface area contributed by atoms with Gasteiger partial charge in [-0.25, -0.2) is 0 Å². The topological polar surface area (TPSA) is 177 Å². The minimum Gasteiger partial charge on any atom is -0.465 e. The maximum atomic E-state index is 10.0. The summed E-state index contributed by atoms with van der Waals surface area (Å²) in [6.45, 7) is -0.420. The van der Waals surface area contributed by atoms with E-state index in [-0.39, 0.29) is 12.2 Å². The molecule has 1 fully saturated rings. The van der Waals surface area contributed by atoms with Crippen LogP contribution in [-0.4, -0.2) is 75.9 Å². The molecule has 1 saturated carbocycles. The minimum atomic E-state index is -1.29. The first-order valence-corrected chi connectivity index (χ1v) is 6.79. The van der Waals surface area contributed by atoms with Crippen molar-refractivity contribution >= 4 is 0 Å². The van der Waals surface area contributed by atoms with Crippen molar-refractivity contribution < 1.29 is 29.9 Å². The number of nitrogens with two attached hydrogens (primary N) is 3. The van der Waals surface area contributed by atoms with Crippen molar-refractivity contribution in [2.75, 3.05) is 6.61 Å². The summed E-state index contributed by atoms with van der Waals surface area (Å²) in [4.78, 5) is 0. The molecule has 0 amide bonds. The largest absolute Gasteiger partial charge is 0.465 e. The Morgan fingerprint density at radius 1 is 1.14 bits per heavy atom. The third-order valence-electron chi connectivity index (χ3n) is 3.87. The Balaban J connectivity index is 2.08. The predicted molar refractivity (Wildman–Crippen MR) is 71.5 cm³/mol. The van der Waals surface area contributed by atoms with Gasteiger partial charge in [-0.3, -0.25) is 0 Å². The zero-order valence-electron chi connectivity index (χ0n) is 11.4. The Morgan fingerprint density at radius 2 is 1.81 bits per heavy atom. The van der Waals surface area contributed by atoms with E-state index < -0.39 is 55.4 Å². The van der Waals surface area contributed by atoms with Gasteiger partial charge in [0.1, 0.15) is 24.6 Å². The number of aliphatic hydroxyl groups excluding tert-OH is 4. The van der Waals surface area contributed by atoms with Crippen LogP contribution in [0.1, 0.15) is 6.42 Å². The van der Waals surface area contributed by atoms with E-state index in [0.29, 0.717) is 0 Å². The Bertz CT molecular complexity index is 395. The monoisotopic (exact) mass is 305 g/mol. The Hall–Kier alpha value is -0.780. The zero-order chi connectivity index (χ0) is 15.7. The highest BCUT2D eigenvalue weighted by molar-refractivity contribution is 5.07. The number of rotatable bonds is 3. The van der Waals surface area contributed by atoms with E-state index in [4.69, 9.17) is 31.8 Å². The summed E-state index contributed by atoms with van der Waals surface area (Å²) in [6, 6.07) is -2.17. The van der Waals surface area contributed by atoms with Crippen molar-refractivity contribution in [3.63, 3.8) is 0 Å². The first kappa shape index (κ1) is 16.6. The normalized spacial score (nSPS) is 47.7. The van der Waals surface area contributed by atoms with E-state index in [9.17, 15) is 15.3 Å². The molecule has 21 heavy (non-hydrogen) atoms. The second-order valence-corrected chi connectivity index (χ2v) is 5.49. The Labute approximate surface area is 121 Å². The van der Waals surface area contributed by atoms with Gasteiger partial charge in [0.25, 0.3) is 0 Å². The molecule has 8 atom stereocenters. The van der Waals surface area contributed by atoms with Gasteiger partial charge in [0.2, 0.25) is 6.29 Å². The summed E-state index contributed by atoms with van der Waals surface area (Å²) in [7, 11) is 0. The summed E-state index contributed by atoms with van der Waals surface area (Å²) >= 11 is 0. The van der Waals surface area contributed by atoms with Crippen molar-refractivity contribution in [3.05, 3.63) is 11.8 Å². The molecule has 1 heterocycles. The quantitative estimate of drug-likeness (QED) is 0.274. The molecular weight excluding hydrogens is 282 g/mol. The molecule has 2 rings (SSSR count). The van der Waals surface area contributed by atoms with Crippen LogP contribution in [0, 0.1) is 0 Å². The van der Waals surface area contributed by atoms with Gasteiger partial charge in [-0.05, 0) is 12.5 Å². The summed E-state index contributed by atoms with van der Waals surface area (Å²) < 4.78 is 10.8. The second-order valence-electron chi connectivity index (χ2n) is 5.49. The molecule has 0 aromatic rings. The highest BCUT2D eigenvalue weighted by atomic mass is 16.7. The van der Waals surface area contributed by atoms with Gasteiger partial charge in [0, 0.05) is 12.1 Å². The minimum absolute atomic E-state index is 0.116. The Kier molecular flexibility index (Phi) is 5.17. The molecule has 9 nitrogen and oxygen atoms in total. The Morgan fingerprint density at radius 3 is 2.43 bits per heavy atom. The van der Waals surface area contributed by atoms with Crippen molar-refractivity contribution in [2.45, 2.75) is 55.3 Å². The van der Waals surface area contributed by atoms with Crippen LogP contribution in [0.4, 0.5) is 0 Å². The van der Waals surface area contributed by atoms with Gasteiger partial charge in [0.15, 0.2) is 0 Å². The first-order chi connectivity index (χ1) is 9.85. The van der Waals surface area contributed by atoms with Crippen LogP contribution >= 0.6 is 0 Å². The molecule has 0 saturated heterocycles. The van der Waals surface area contributed by atoms with Gasteiger partial charge in [0.05, 0.1) is 18.2 Å². The molecular formula is C12H23N3O6. The standard InChI is InChI=1S/C12H23N3O6/c13-5-2-6(14)11(10(19)9(5)18)21-12-8(15)7(17)1-4(3-16)20-12/h1,5-12,16-19H,2-3,13-15H2/t5-,6+,7+,8-,9+,10-,11-,12-/m1/s1. The summed E-state index contributed by atoms with van der Waals surface area (Å²) in [5.74, 6) is 0.116. The maximum Gasteiger partial charge on any atom is 0.218 e. The molecule has 0 unspecified atom stereocenters. The molecule has 1 aliphatic heterocycles. The predicted octanol–water partition coefficient (Wildman–Crippen LogP) is -3.93. The van der Waals surface area contributed by atoms with Crippen LogP contribution in [0.3, 0.4) is 0 Å². The molecule has 0 aromatic heterocycles. The summed E-state index contributed by atoms with van der Waals surface area (Å²) in [5, 5.41) is 38.7. The lowest BCUT2D eigenvalue weighted by Gasteiger charge is -2.43. The van der Waals surface area contributed by atoms with Crippen LogP contribution in [0.15, 0.2) is 11.8 Å². The summed E-state index contributed by atoms with van der Waals surface area (Å²) in [6.07, 6.45) is -4.02. The van der Waals surface area contributed by atoms with Gasteiger partial charge in [-0.2, -0.15) is 0 Å². The fourth-order valence-corrected chi connectivity index (χ4v) is 2.56. The first-order valence-electron chi connectivity index (χ1n) is 6.79. The van der Waals surface area contributed by atoms with Crippen molar-refractivity contribution in [2.24, 2.45) is 17.2 Å². The van der Waals surface area contributed by atoms with Crippen molar-refractivity contribution in [1.29, 1.82) is 0 Å². The third kappa shape index (κ3) is 3.35. The number of aliphatic hydroxyl groups is 4. The highest BCUT2D eigenvalue weighted by Crippen LogP contribution is 2.25. The molecule has 0 aromatic carbocycles. The van der Waals surface area contributed by atoms with Gasteiger partial charge in [-0.1, -0.05) is 0 Å². The van der Waals surface area contributed by atoms with E-state index in [0.717, 1.165) is 0 Å². The van der Waals surface area contributed by atoms with Crippen LogP contribution in [-0.2, 0) is 9.47 Å². The summed E-state index contributed by atoms with van der Waals surface area (Å²) in [5.41, 5.74) is 17.3. The zero-order valence-corrected chi connectivity index (χ0v) is 11.4. The van der Waals surface area contributed by atoms with E-state index in [1.807, 2.05) is 0 Å². The molecule has 10 N–H and O–H groups in total. The van der Waals surface area contributed by atoms with Crippen LogP contribution in [0.5, 0.6) is 0 Å². The number of hydrogen-bond acceptors (Lipinski definition) is 9. The second kappa shape index (κ2) is 6.55. The van der Waals surface area contributed by atoms with Crippen molar-refractivity contribution in [3.8, 4) is 0 Å². The van der Waals surface area contributed by atoms with E-state index in [1.165, 1.54) is 6.08 Å². The lowest BCUT2D eigenvalue weighted by atomic mass is 9.84. The van der Waals surface area contributed by atoms with E-state index >= 15 is 0 Å². The molecule has 0 bridgehead atoms. The van der Waals surface area contributed by atoms with E-state index in [1.54, 1.807) is 0 Å². The number of ether oxygens (including phenoxy) is 2. The molecule has 122 valence electrons. The average molecular weight is 305 g/mol. The molecule has 2 aliphatic rings. The molecule has 0 radical (unpaired) electrons. The maximum absolute atomic E-state index is 10.0. The fraction of sp³-hybridized carbons (Fsp3) is 0.833. The average Bonchev–Trinajstić information content (AvgIpc) is 2.45. The van der Waals surface area contributed by atoms with Crippen LogP contribution < -0.4 is 17.2 Å². The van der Waals surface area contributed by atoms with Crippen LogP contribution in [0.2, 0.25) is 0 Å². The van der Waals surface area contributed by atoms with Gasteiger partial charge < -0.3 is 47.1 Å². The SMILES string of the molecule is N[C@H]1[C@@H](O[C@H]2[C@H](O)[C@@H](O)[C@H](N)C[C@@H]2N)OC(CO)=C[C@@H]1O. The van der Waals surface area contributed by atoms with Crippen LogP contribution in [0.25, 0.3) is 0 Å². The van der Waals surface area contributed by atoms with Crippen molar-refractivity contribution in [1.82, 2.24) is 0 Å². The fourth-order valence-electron chi connectivity index (χ4n) is 2.56. The van der Waals surface area contributed by atoms with E-state index in [2.05, 4.69) is 0 Å². The number of hydrogen-bond donors (Lipinski definition) is 7. The third-order valence-corrected chi connectivity index (χ3v) is 3.87. The van der Waals surface area contributed by atoms with Gasteiger partial charge in [-0.15, -0.1) is 0 Å². The smallest absolute Gasteiger partial charge is 0.218 e. The molecule has 0 spiro atoms. The molecule has 1 aliphatic carbocycles. The lowest BCUT2D eigenvalue weighted by Crippen LogP contribution is -2.64. The lowest BCUT2D eigenvalue weighted by molar-refractivity contribution is -0.226.